The van der Waals surface area contributed by atoms with Gasteiger partial charge in [-0.05, 0) is 18.1 Å². The maximum Gasteiger partial charge on any atom is 0.222 e. The molecule has 2 heterocycles. The van der Waals surface area contributed by atoms with E-state index in [1.807, 2.05) is 19.1 Å². The molecule has 2 aromatic heterocycles. The quantitative estimate of drug-likeness (QED) is 0.867. The van der Waals surface area contributed by atoms with Gasteiger partial charge in [-0.25, -0.2) is 15.0 Å². The Morgan fingerprint density at radius 3 is 2.47 bits per heavy atom. The molecule has 0 atom stereocenters. The molecule has 1 N–H and O–H groups in total. The van der Waals surface area contributed by atoms with Crippen molar-refractivity contribution in [2.45, 2.75) is 13.5 Å². The fraction of sp³-hybridized carbons (Fsp3) is 0.250. The van der Waals surface area contributed by atoms with E-state index in [1.165, 1.54) is 0 Å². The van der Waals surface area contributed by atoms with Crippen molar-refractivity contribution in [1.82, 2.24) is 15.0 Å². The predicted molar refractivity (Wildman–Crippen MR) is 64.9 cm³/mol. The van der Waals surface area contributed by atoms with Crippen LogP contribution in [0.2, 0.25) is 0 Å². The van der Waals surface area contributed by atoms with Crippen LogP contribution in [0.15, 0.2) is 30.7 Å². The monoisotopic (exact) mass is 230 g/mol. The van der Waals surface area contributed by atoms with Gasteiger partial charge in [0, 0.05) is 31.2 Å². The summed E-state index contributed by atoms with van der Waals surface area (Å²) < 4.78 is 4.99. The van der Waals surface area contributed by atoms with Gasteiger partial charge in [0.25, 0.3) is 0 Å². The van der Waals surface area contributed by atoms with Gasteiger partial charge in [-0.3, -0.25) is 0 Å². The van der Waals surface area contributed by atoms with Gasteiger partial charge in [0.05, 0.1) is 7.11 Å². The van der Waals surface area contributed by atoms with Crippen molar-refractivity contribution < 1.29 is 4.74 Å². The van der Waals surface area contributed by atoms with Gasteiger partial charge >= 0.3 is 0 Å². The van der Waals surface area contributed by atoms with Crippen molar-refractivity contribution in [3.63, 3.8) is 0 Å². The Morgan fingerprint density at radius 2 is 1.88 bits per heavy atom. The van der Waals surface area contributed by atoms with E-state index < -0.39 is 0 Å². The van der Waals surface area contributed by atoms with Crippen molar-refractivity contribution >= 4 is 5.95 Å². The van der Waals surface area contributed by atoms with Crippen LogP contribution in [0.4, 0.5) is 5.95 Å². The van der Waals surface area contributed by atoms with Crippen LogP contribution in [-0.4, -0.2) is 22.1 Å². The summed E-state index contributed by atoms with van der Waals surface area (Å²) in [6.07, 6.45) is 5.32. The van der Waals surface area contributed by atoms with Crippen LogP contribution in [-0.2, 0) is 6.54 Å². The molecule has 0 unspecified atom stereocenters. The van der Waals surface area contributed by atoms with E-state index in [0.29, 0.717) is 18.4 Å². The SMILES string of the molecule is COc1ccc(CNc2ncc(C)cn2)cn1. The van der Waals surface area contributed by atoms with Gasteiger partial charge in [0.1, 0.15) is 0 Å². The van der Waals surface area contributed by atoms with E-state index in [9.17, 15) is 0 Å². The molecule has 2 rings (SSSR count). The highest BCUT2D eigenvalue weighted by molar-refractivity contribution is 5.27. The van der Waals surface area contributed by atoms with Crippen molar-refractivity contribution in [2.24, 2.45) is 0 Å². The Hall–Kier alpha value is -2.17. The van der Waals surface area contributed by atoms with Gasteiger partial charge in [-0.15, -0.1) is 0 Å². The topological polar surface area (TPSA) is 59.9 Å². The highest BCUT2D eigenvalue weighted by atomic mass is 16.5. The minimum Gasteiger partial charge on any atom is -0.481 e. The Kier molecular flexibility index (Phi) is 3.49. The molecule has 0 amide bonds. The first-order valence-electron chi connectivity index (χ1n) is 5.29. The molecule has 0 fully saturated rings. The molecule has 0 spiro atoms. The summed E-state index contributed by atoms with van der Waals surface area (Å²) in [6, 6.07) is 3.78. The number of anilines is 1. The maximum atomic E-state index is 4.99. The average molecular weight is 230 g/mol. The summed E-state index contributed by atoms with van der Waals surface area (Å²) in [6.45, 7) is 2.59. The lowest BCUT2D eigenvalue weighted by Crippen LogP contribution is -2.03. The lowest BCUT2D eigenvalue weighted by atomic mass is 10.3. The van der Waals surface area contributed by atoms with Crippen LogP contribution in [0.3, 0.4) is 0 Å². The number of nitrogens with one attached hydrogen (secondary N) is 1. The first kappa shape index (κ1) is 11.3. The normalized spacial score (nSPS) is 10.0. The fourth-order valence-corrected chi connectivity index (χ4v) is 1.30. The number of methoxy groups -OCH3 is 1. The van der Waals surface area contributed by atoms with Gasteiger partial charge in [-0.2, -0.15) is 0 Å². The first-order valence-corrected chi connectivity index (χ1v) is 5.29. The second-order valence-electron chi connectivity index (χ2n) is 3.65. The molecule has 0 aliphatic heterocycles. The summed E-state index contributed by atoms with van der Waals surface area (Å²) in [7, 11) is 1.60. The molecule has 5 heteroatoms. The number of rotatable bonds is 4. The predicted octanol–water partition coefficient (Wildman–Crippen LogP) is 1.80. The van der Waals surface area contributed by atoms with Crippen molar-refractivity contribution in [1.29, 1.82) is 0 Å². The van der Waals surface area contributed by atoms with E-state index in [4.69, 9.17) is 4.74 Å². The van der Waals surface area contributed by atoms with E-state index >= 15 is 0 Å². The molecule has 0 saturated carbocycles. The van der Waals surface area contributed by atoms with Crippen LogP contribution in [0.25, 0.3) is 0 Å². The second-order valence-corrected chi connectivity index (χ2v) is 3.65. The lowest BCUT2D eigenvalue weighted by molar-refractivity contribution is 0.397. The molecule has 0 radical (unpaired) electrons. The molecule has 0 aliphatic rings. The standard InChI is InChI=1S/C12H14N4O/c1-9-5-14-12(15-6-9)16-8-10-3-4-11(17-2)13-7-10/h3-7H,8H2,1-2H3,(H,14,15,16). The van der Waals surface area contributed by atoms with Gasteiger partial charge < -0.3 is 10.1 Å². The molecule has 17 heavy (non-hydrogen) atoms. The van der Waals surface area contributed by atoms with Gasteiger partial charge in [0.15, 0.2) is 0 Å². The van der Waals surface area contributed by atoms with E-state index in [0.717, 1.165) is 11.1 Å². The summed E-state index contributed by atoms with van der Waals surface area (Å²) in [5.41, 5.74) is 2.09. The summed E-state index contributed by atoms with van der Waals surface area (Å²) >= 11 is 0. The maximum absolute atomic E-state index is 4.99. The zero-order valence-corrected chi connectivity index (χ0v) is 9.84. The molecule has 88 valence electrons. The largest absolute Gasteiger partial charge is 0.481 e. The van der Waals surface area contributed by atoms with Crippen LogP contribution in [0.5, 0.6) is 5.88 Å². The van der Waals surface area contributed by atoms with E-state index in [1.54, 1.807) is 25.7 Å². The molecule has 2 aromatic rings. The minimum atomic E-state index is 0.611. The Bertz CT molecular complexity index is 467. The van der Waals surface area contributed by atoms with Crippen LogP contribution in [0, 0.1) is 6.92 Å². The zero-order valence-electron chi connectivity index (χ0n) is 9.84. The summed E-state index contributed by atoms with van der Waals surface area (Å²) in [5, 5.41) is 3.12. The first-order chi connectivity index (χ1) is 8.28. The van der Waals surface area contributed by atoms with Gasteiger partial charge in [-0.1, -0.05) is 6.07 Å². The third-order valence-electron chi connectivity index (χ3n) is 2.24. The van der Waals surface area contributed by atoms with E-state index in [2.05, 4.69) is 20.3 Å². The zero-order chi connectivity index (χ0) is 12.1. The number of nitrogens with zero attached hydrogens (tertiary/aromatic N) is 3. The number of hydrogen-bond donors (Lipinski definition) is 1. The van der Waals surface area contributed by atoms with Gasteiger partial charge in [0.2, 0.25) is 11.8 Å². The lowest BCUT2D eigenvalue weighted by Gasteiger charge is -2.05. The molecule has 0 aliphatic carbocycles. The smallest absolute Gasteiger partial charge is 0.222 e. The Labute approximate surface area is 99.9 Å². The number of aryl methyl sites for hydroxylation is 1. The summed E-state index contributed by atoms with van der Waals surface area (Å²) in [5.74, 6) is 1.23. The third-order valence-corrected chi connectivity index (χ3v) is 2.24. The number of pyridine rings is 1. The third kappa shape index (κ3) is 3.14. The van der Waals surface area contributed by atoms with Crippen LogP contribution in [0.1, 0.15) is 11.1 Å². The molecular weight excluding hydrogens is 216 g/mol. The highest BCUT2D eigenvalue weighted by Crippen LogP contribution is 2.08. The van der Waals surface area contributed by atoms with Crippen LogP contribution >= 0.6 is 0 Å². The highest BCUT2D eigenvalue weighted by Gasteiger charge is 1.97. The van der Waals surface area contributed by atoms with Crippen LogP contribution < -0.4 is 10.1 Å². The molecule has 5 nitrogen and oxygen atoms in total. The molecule has 0 aromatic carbocycles. The van der Waals surface area contributed by atoms with Crippen molar-refractivity contribution in [2.75, 3.05) is 12.4 Å². The summed E-state index contributed by atoms with van der Waals surface area (Å²) in [4.78, 5) is 12.4. The number of hydrogen-bond acceptors (Lipinski definition) is 5. The number of ether oxygens (including phenoxy) is 1. The molecule has 0 saturated heterocycles. The van der Waals surface area contributed by atoms with Crippen molar-refractivity contribution in [3.05, 3.63) is 41.9 Å². The Balaban J connectivity index is 1.95. The second kappa shape index (κ2) is 5.25. The van der Waals surface area contributed by atoms with E-state index in [-0.39, 0.29) is 0 Å². The Morgan fingerprint density at radius 1 is 1.12 bits per heavy atom. The van der Waals surface area contributed by atoms with Crippen molar-refractivity contribution in [3.8, 4) is 5.88 Å². The molecular formula is C12H14N4O. The average Bonchev–Trinajstić information content (AvgIpc) is 2.39. The molecule has 0 bridgehead atoms. The minimum absolute atomic E-state index is 0.611. The fourth-order valence-electron chi connectivity index (χ4n) is 1.30. The number of aromatic nitrogens is 3.